The number of aromatic carboxylic acids is 1. The van der Waals surface area contributed by atoms with Gasteiger partial charge in [-0.25, -0.2) is 9.78 Å². The van der Waals surface area contributed by atoms with Crippen molar-refractivity contribution >= 4 is 5.97 Å². The van der Waals surface area contributed by atoms with Crippen LogP contribution in [-0.4, -0.2) is 16.1 Å². The third kappa shape index (κ3) is 3.14. The Morgan fingerprint density at radius 1 is 1.42 bits per heavy atom. The molecule has 3 heteroatoms. The van der Waals surface area contributed by atoms with Gasteiger partial charge in [-0.1, -0.05) is 19.9 Å². The summed E-state index contributed by atoms with van der Waals surface area (Å²) in [6.07, 6.45) is 0. The Kier molecular flexibility index (Phi) is 4.69. The Morgan fingerprint density at radius 3 is 2.33 bits per heavy atom. The topological polar surface area (TPSA) is 50.2 Å². The first kappa shape index (κ1) is 10.6. The molecular weight excluding hydrogens is 154 g/mol. The van der Waals surface area contributed by atoms with Gasteiger partial charge >= 0.3 is 5.97 Å². The second kappa shape index (κ2) is 5.29. The van der Waals surface area contributed by atoms with Crippen LogP contribution in [0, 0.1) is 6.92 Å². The van der Waals surface area contributed by atoms with Crippen LogP contribution < -0.4 is 0 Å². The largest absolute Gasteiger partial charge is 0.477 e. The van der Waals surface area contributed by atoms with Gasteiger partial charge in [-0.15, -0.1) is 0 Å². The molecule has 12 heavy (non-hydrogen) atoms. The van der Waals surface area contributed by atoms with E-state index in [1.54, 1.807) is 19.1 Å². The molecule has 0 aliphatic carbocycles. The van der Waals surface area contributed by atoms with Crippen LogP contribution in [0.5, 0.6) is 0 Å². The van der Waals surface area contributed by atoms with E-state index >= 15 is 0 Å². The lowest BCUT2D eigenvalue weighted by atomic mass is 10.3. The standard InChI is InChI=1S/C7H7NO2.C2H6/c1-5-3-2-4-6(8-5)7(9)10;1-2/h2-4H,1H3,(H,9,10);1-2H3. The summed E-state index contributed by atoms with van der Waals surface area (Å²) in [5.41, 5.74) is 0.819. The molecule has 0 amide bonds. The van der Waals surface area contributed by atoms with Gasteiger partial charge in [0.2, 0.25) is 0 Å². The van der Waals surface area contributed by atoms with Crippen LogP contribution in [0.25, 0.3) is 0 Å². The maximum absolute atomic E-state index is 10.3. The minimum Gasteiger partial charge on any atom is -0.477 e. The second-order valence-electron chi connectivity index (χ2n) is 1.97. The van der Waals surface area contributed by atoms with Crippen molar-refractivity contribution in [3.05, 3.63) is 29.6 Å². The highest BCUT2D eigenvalue weighted by Gasteiger charge is 2.01. The molecule has 0 saturated carbocycles. The van der Waals surface area contributed by atoms with Crippen molar-refractivity contribution in [2.75, 3.05) is 0 Å². The first-order valence-corrected chi connectivity index (χ1v) is 3.87. The Balaban J connectivity index is 0.000000561. The lowest BCUT2D eigenvalue weighted by molar-refractivity contribution is 0.0690. The number of carboxylic acid groups (broad SMARTS) is 1. The molecule has 0 spiro atoms. The molecule has 0 aliphatic heterocycles. The molecule has 1 aromatic heterocycles. The monoisotopic (exact) mass is 167 g/mol. The third-order valence-corrected chi connectivity index (χ3v) is 1.11. The summed E-state index contributed by atoms with van der Waals surface area (Å²) in [6, 6.07) is 4.90. The van der Waals surface area contributed by atoms with Crippen LogP contribution in [-0.2, 0) is 0 Å². The van der Waals surface area contributed by atoms with Crippen LogP contribution >= 0.6 is 0 Å². The van der Waals surface area contributed by atoms with Gasteiger partial charge in [0.05, 0.1) is 0 Å². The fourth-order valence-corrected chi connectivity index (χ4v) is 0.662. The van der Waals surface area contributed by atoms with E-state index in [0.29, 0.717) is 0 Å². The van der Waals surface area contributed by atoms with Gasteiger partial charge in [0.15, 0.2) is 0 Å². The van der Waals surface area contributed by atoms with Crippen LogP contribution in [0.1, 0.15) is 30.0 Å². The van der Waals surface area contributed by atoms with Gasteiger partial charge in [-0.3, -0.25) is 0 Å². The number of hydrogen-bond acceptors (Lipinski definition) is 2. The lowest BCUT2D eigenvalue weighted by Crippen LogP contribution is -1.99. The number of aryl methyl sites for hydroxylation is 1. The predicted molar refractivity (Wildman–Crippen MR) is 47.3 cm³/mol. The molecule has 0 aliphatic rings. The first-order chi connectivity index (χ1) is 5.70. The Bertz CT molecular complexity index is 258. The zero-order valence-electron chi connectivity index (χ0n) is 7.53. The average Bonchev–Trinajstić information content (AvgIpc) is 2.08. The third-order valence-electron chi connectivity index (χ3n) is 1.11. The molecule has 0 fully saturated rings. The van der Waals surface area contributed by atoms with E-state index in [9.17, 15) is 4.79 Å². The van der Waals surface area contributed by atoms with Crippen LogP contribution in [0.15, 0.2) is 18.2 Å². The van der Waals surface area contributed by atoms with Crippen molar-refractivity contribution in [2.45, 2.75) is 20.8 Å². The molecular formula is C9H13NO2. The Labute approximate surface area is 72.1 Å². The molecule has 0 bridgehead atoms. The maximum atomic E-state index is 10.3. The number of rotatable bonds is 1. The van der Waals surface area contributed by atoms with Crippen LogP contribution in [0.2, 0.25) is 0 Å². The SMILES string of the molecule is CC.Cc1cccc(C(=O)O)n1. The summed E-state index contributed by atoms with van der Waals surface area (Å²) in [5, 5.41) is 8.45. The number of carbonyl (C=O) groups is 1. The van der Waals surface area contributed by atoms with E-state index < -0.39 is 5.97 Å². The molecule has 0 saturated heterocycles. The fourth-order valence-electron chi connectivity index (χ4n) is 0.662. The minimum absolute atomic E-state index is 0.0972. The van der Waals surface area contributed by atoms with E-state index in [0.717, 1.165) is 5.69 Å². The van der Waals surface area contributed by atoms with E-state index in [4.69, 9.17) is 5.11 Å². The van der Waals surface area contributed by atoms with Crippen molar-refractivity contribution in [3.8, 4) is 0 Å². The highest BCUT2D eigenvalue weighted by Crippen LogP contribution is 1.96. The molecule has 0 aromatic carbocycles. The summed E-state index contributed by atoms with van der Waals surface area (Å²) in [5.74, 6) is -0.983. The minimum atomic E-state index is -0.983. The van der Waals surface area contributed by atoms with E-state index in [1.807, 2.05) is 13.8 Å². The summed E-state index contributed by atoms with van der Waals surface area (Å²) in [6.45, 7) is 5.76. The molecule has 1 aromatic rings. The zero-order valence-corrected chi connectivity index (χ0v) is 7.53. The lowest BCUT2D eigenvalue weighted by Gasteiger charge is -1.92. The number of aromatic nitrogens is 1. The molecule has 0 radical (unpaired) electrons. The molecule has 1 N–H and O–H groups in total. The van der Waals surface area contributed by atoms with Crippen molar-refractivity contribution in [1.29, 1.82) is 0 Å². The molecule has 0 unspecified atom stereocenters. The molecule has 3 nitrogen and oxygen atoms in total. The summed E-state index contributed by atoms with van der Waals surface area (Å²) in [7, 11) is 0. The predicted octanol–water partition coefficient (Wildman–Crippen LogP) is 2.11. The Morgan fingerprint density at radius 2 is 2.00 bits per heavy atom. The van der Waals surface area contributed by atoms with Crippen LogP contribution in [0.3, 0.4) is 0 Å². The van der Waals surface area contributed by atoms with E-state index in [1.165, 1.54) is 6.07 Å². The van der Waals surface area contributed by atoms with Gasteiger partial charge in [-0.2, -0.15) is 0 Å². The van der Waals surface area contributed by atoms with Crippen molar-refractivity contribution < 1.29 is 9.90 Å². The average molecular weight is 167 g/mol. The van der Waals surface area contributed by atoms with Gasteiger partial charge in [0.25, 0.3) is 0 Å². The maximum Gasteiger partial charge on any atom is 0.354 e. The number of nitrogens with zero attached hydrogens (tertiary/aromatic N) is 1. The first-order valence-electron chi connectivity index (χ1n) is 3.87. The second-order valence-corrected chi connectivity index (χ2v) is 1.97. The zero-order chi connectivity index (χ0) is 9.56. The number of carboxylic acids is 1. The Hall–Kier alpha value is -1.38. The summed E-state index contributed by atoms with van der Waals surface area (Å²) < 4.78 is 0. The number of hydrogen-bond donors (Lipinski definition) is 1. The molecule has 0 atom stereocenters. The van der Waals surface area contributed by atoms with Gasteiger partial charge < -0.3 is 5.11 Å². The summed E-state index contributed by atoms with van der Waals surface area (Å²) >= 11 is 0. The smallest absolute Gasteiger partial charge is 0.354 e. The van der Waals surface area contributed by atoms with Crippen LogP contribution in [0.4, 0.5) is 0 Å². The van der Waals surface area contributed by atoms with Crippen molar-refractivity contribution in [3.63, 3.8) is 0 Å². The molecule has 66 valence electrons. The fraction of sp³-hybridized carbons (Fsp3) is 0.333. The number of pyridine rings is 1. The summed E-state index contributed by atoms with van der Waals surface area (Å²) in [4.78, 5) is 14.1. The van der Waals surface area contributed by atoms with Gasteiger partial charge in [0, 0.05) is 5.69 Å². The quantitative estimate of drug-likeness (QED) is 0.696. The van der Waals surface area contributed by atoms with E-state index in [-0.39, 0.29) is 5.69 Å². The highest BCUT2D eigenvalue weighted by molar-refractivity contribution is 5.85. The van der Waals surface area contributed by atoms with E-state index in [2.05, 4.69) is 4.98 Å². The molecule has 1 rings (SSSR count). The normalized spacial score (nSPS) is 8.25. The van der Waals surface area contributed by atoms with Gasteiger partial charge in [-0.05, 0) is 19.1 Å². The van der Waals surface area contributed by atoms with Gasteiger partial charge in [0.1, 0.15) is 5.69 Å². The van der Waals surface area contributed by atoms with Crippen molar-refractivity contribution in [1.82, 2.24) is 4.98 Å². The molecule has 1 heterocycles. The van der Waals surface area contributed by atoms with Crippen molar-refractivity contribution in [2.24, 2.45) is 0 Å². The highest BCUT2D eigenvalue weighted by atomic mass is 16.4.